The van der Waals surface area contributed by atoms with Gasteiger partial charge in [-0.15, -0.1) is 0 Å². The molecule has 0 fully saturated rings. The van der Waals surface area contributed by atoms with Crippen LogP contribution in [0.3, 0.4) is 0 Å². The number of nitrogens with one attached hydrogen (secondary N) is 1. The molecule has 3 rings (SSSR count). The lowest BCUT2D eigenvalue weighted by Crippen LogP contribution is -2.14. The molecule has 2 aromatic carbocycles. The van der Waals surface area contributed by atoms with Gasteiger partial charge in [0.15, 0.2) is 11.5 Å². The lowest BCUT2D eigenvalue weighted by molar-refractivity contribution is 0.356. The molecule has 3 N–H and O–H groups in total. The number of ether oxygens (including phenoxy) is 2. The highest BCUT2D eigenvalue weighted by Gasteiger charge is 2.11. The molecule has 0 spiro atoms. The number of hydrogen-bond acceptors (Lipinski definition) is 7. The maximum absolute atomic E-state index is 9.02. The largest absolute Gasteiger partial charge is 0.493 e. The zero-order chi connectivity index (χ0) is 17.8. The van der Waals surface area contributed by atoms with Crippen molar-refractivity contribution in [2.75, 3.05) is 19.5 Å². The zero-order valence-corrected chi connectivity index (χ0v) is 13.9. The normalized spacial score (nSPS) is 10.6. The van der Waals surface area contributed by atoms with Crippen LogP contribution in [0.15, 0.2) is 42.7 Å². The van der Waals surface area contributed by atoms with Gasteiger partial charge in [0.05, 0.1) is 19.7 Å². The Morgan fingerprint density at radius 1 is 1.00 bits per heavy atom. The van der Waals surface area contributed by atoms with E-state index in [9.17, 15) is 0 Å². The van der Waals surface area contributed by atoms with Gasteiger partial charge in [0.25, 0.3) is 0 Å². The summed E-state index contributed by atoms with van der Waals surface area (Å²) in [7, 11) is 1.80. The van der Waals surface area contributed by atoms with E-state index in [2.05, 4.69) is 15.3 Å². The average Bonchev–Trinajstić information content (AvgIpc) is 2.62. The van der Waals surface area contributed by atoms with Crippen molar-refractivity contribution in [3.63, 3.8) is 0 Å². The second-order valence-corrected chi connectivity index (χ2v) is 5.45. The molecule has 1 heterocycles. The fourth-order valence-corrected chi connectivity index (χ4v) is 2.55. The molecule has 0 atom stereocenters. The highest BCUT2D eigenvalue weighted by molar-refractivity contribution is 6.40. The van der Waals surface area contributed by atoms with Gasteiger partial charge in [0.2, 0.25) is 0 Å². The average molecular weight is 339 g/mol. The van der Waals surface area contributed by atoms with Crippen LogP contribution in [0.25, 0.3) is 10.9 Å². The first-order chi connectivity index (χ1) is 12.1. The molecule has 7 nitrogen and oxygen atoms in total. The third kappa shape index (κ3) is 3.81. The zero-order valence-electron chi connectivity index (χ0n) is 13.9. The van der Waals surface area contributed by atoms with Gasteiger partial charge in [-0.25, -0.2) is 9.97 Å². The first-order valence-corrected chi connectivity index (χ1v) is 7.69. The molecule has 0 saturated heterocycles. The van der Waals surface area contributed by atoms with Crippen molar-refractivity contribution in [2.24, 2.45) is 0 Å². The maximum atomic E-state index is 9.02. The molecule has 0 aliphatic heterocycles. The number of aromatic nitrogens is 2. The Kier molecular flexibility index (Phi) is 5.01. The van der Waals surface area contributed by atoms with Gasteiger partial charge in [-0.2, -0.15) is 0 Å². The SMILES string of the molecule is COc1cc2ncnc(Nc3ccc(CB(O)O)cc3)c2cc1OC. The molecule has 8 heteroatoms. The Morgan fingerprint density at radius 2 is 1.68 bits per heavy atom. The van der Waals surface area contributed by atoms with Gasteiger partial charge in [-0.1, -0.05) is 12.1 Å². The van der Waals surface area contributed by atoms with Crippen LogP contribution in [0.4, 0.5) is 11.5 Å². The molecule has 0 saturated carbocycles. The Bertz CT molecular complexity index is 872. The van der Waals surface area contributed by atoms with Crippen molar-refractivity contribution in [3.05, 3.63) is 48.3 Å². The predicted molar refractivity (Wildman–Crippen MR) is 96.3 cm³/mol. The summed E-state index contributed by atoms with van der Waals surface area (Å²) in [5.41, 5.74) is 2.39. The summed E-state index contributed by atoms with van der Waals surface area (Å²) in [6.07, 6.45) is 1.67. The number of anilines is 2. The Labute approximate surface area is 145 Å². The minimum absolute atomic E-state index is 0.188. The number of rotatable bonds is 6. The molecule has 0 aliphatic carbocycles. The fraction of sp³-hybridized carbons (Fsp3) is 0.176. The molecule has 3 aromatic rings. The molecule has 25 heavy (non-hydrogen) atoms. The van der Waals surface area contributed by atoms with Crippen molar-refractivity contribution >= 4 is 29.5 Å². The summed E-state index contributed by atoms with van der Waals surface area (Å²) in [5, 5.41) is 22.1. The van der Waals surface area contributed by atoms with Crippen molar-refractivity contribution < 1.29 is 19.5 Å². The van der Waals surface area contributed by atoms with Crippen molar-refractivity contribution in [1.82, 2.24) is 9.97 Å². The summed E-state index contributed by atoms with van der Waals surface area (Å²) in [6.45, 7) is 0. The number of hydrogen-bond donors (Lipinski definition) is 3. The Balaban J connectivity index is 1.93. The van der Waals surface area contributed by atoms with Crippen LogP contribution < -0.4 is 14.8 Å². The van der Waals surface area contributed by atoms with E-state index < -0.39 is 7.12 Å². The molecule has 0 radical (unpaired) electrons. The Morgan fingerprint density at radius 3 is 2.32 bits per heavy atom. The monoisotopic (exact) mass is 339 g/mol. The van der Waals surface area contributed by atoms with Crippen LogP contribution in [0.2, 0.25) is 0 Å². The molecule has 0 amide bonds. The topological polar surface area (TPSA) is 96.7 Å². The van der Waals surface area contributed by atoms with Crippen LogP contribution >= 0.6 is 0 Å². The van der Waals surface area contributed by atoms with Crippen molar-refractivity contribution in [2.45, 2.75) is 6.32 Å². The summed E-state index contributed by atoms with van der Waals surface area (Å²) in [6, 6.07) is 11.0. The number of nitrogens with zero attached hydrogens (tertiary/aromatic N) is 2. The maximum Gasteiger partial charge on any atom is 0.456 e. The van der Waals surface area contributed by atoms with Gasteiger partial charge in [0, 0.05) is 23.5 Å². The first kappa shape index (κ1) is 17.0. The highest BCUT2D eigenvalue weighted by Crippen LogP contribution is 2.34. The number of benzene rings is 2. The predicted octanol–water partition coefficient (Wildman–Crippen LogP) is 1.95. The highest BCUT2D eigenvalue weighted by atomic mass is 16.5. The quantitative estimate of drug-likeness (QED) is 0.591. The van der Waals surface area contributed by atoms with Gasteiger partial charge in [0.1, 0.15) is 12.1 Å². The van der Waals surface area contributed by atoms with E-state index in [1.54, 1.807) is 20.3 Å². The second-order valence-electron chi connectivity index (χ2n) is 5.45. The van der Waals surface area contributed by atoms with Crippen LogP contribution in [0.1, 0.15) is 5.56 Å². The minimum atomic E-state index is -1.35. The van der Waals surface area contributed by atoms with Crippen LogP contribution in [-0.2, 0) is 6.32 Å². The van der Waals surface area contributed by atoms with Gasteiger partial charge < -0.3 is 24.8 Å². The molecule has 0 aliphatic rings. The molecular weight excluding hydrogens is 321 g/mol. The first-order valence-electron chi connectivity index (χ1n) is 7.69. The summed E-state index contributed by atoms with van der Waals surface area (Å²) >= 11 is 0. The lowest BCUT2D eigenvalue weighted by atomic mass is 9.82. The second kappa shape index (κ2) is 7.37. The summed E-state index contributed by atoms with van der Waals surface area (Å²) in [4.78, 5) is 8.58. The third-order valence-electron chi connectivity index (χ3n) is 3.78. The van der Waals surface area contributed by atoms with Crippen LogP contribution in [0, 0.1) is 0 Å². The van der Waals surface area contributed by atoms with Gasteiger partial charge in [-0.05, 0) is 23.8 Å². The summed E-state index contributed by atoms with van der Waals surface area (Å²) < 4.78 is 10.6. The minimum Gasteiger partial charge on any atom is -0.493 e. The van der Waals surface area contributed by atoms with E-state index in [1.807, 2.05) is 30.3 Å². The van der Waals surface area contributed by atoms with Crippen molar-refractivity contribution in [1.29, 1.82) is 0 Å². The van der Waals surface area contributed by atoms with E-state index in [0.29, 0.717) is 17.3 Å². The molecule has 0 bridgehead atoms. The molecule has 0 unspecified atom stereocenters. The fourth-order valence-electron chi connectivity index (χ4n) is 2.55. The number of methoxy groups -OCH3 is 2. The van der Waals surface area contributed by atoms with Crippen molar-refractivity contribution in [3.8, 4) is 11.5 Å². The van der Waals surface area contributed by atoms with E-state index in [4.69, 9.17) is 19.5 Å². The molecule has 128 valence electrons. The van der Waals surface area contributed by atoms with E-state index in [0.717, 1.165) is 22.2 Å². The van der Waals surface area contributed by atoms with Gasteiger partial charge in [-0.3, -0.25) is 0 Å². The van der Waals surface area contributed by atoms with E-state index >= 15 is 0 Å². The molecular formula is C17H18BN3O4. The smallest absolute Gasteiger partial charge is 0.456 e. The molecule has 1 aromatic heterocycles. The Hall–Kier alpha value is -2.84. The number of fused-ring (bicyclic) bond motifs is 1. The lowest BCUT2D eigenvalue weighted by Gasteiger charge is -2.12. The van der Waals surface area contributed by atoms with Crippen LogP contribution in [0.5, 0.6) is 11.5 Å². The summed E-state index contributed by atoms with van der Waals surface area (Å²) in [5.74, 6) is 1.84. The van der Waals surface area contributed by atoms with E-state index in [-0.39, 0.29) is 6.32 Å². The van der Waals surface area contributed by atoms with E-state index in [1.165, 1.54) is 6.33 Å². The van der Waals surface area contributed by atoms with Crippen LogP contribution in [-0.4, -0.2) is 41.4 Å². The van der Waals surface area contributed by atoms with Gasteiger partial charge >= 0.3 is 7.12 Å². The third-order valence-corrected chi connectivity index (χ3v) is 3.78. The standard InChI is InChI=1S/C17H18BN3O4/c1-24-15-7-13-14(8-16(15)25-2)19-10-20-17(13)21-12-5-3-11(4-6-12)9-18(22)23/h3-8,10,22-23H,9H2,1-2H3,(H,19,20,21).